The molecule has 0 saturated carbocycles. The van der Waals surface area contributed by atoms with Crippen LogP contribution in [0.5, 0.6) is 0 Å². The standard InChI is InChI=1S/C14H24N2OS/c1-10(2)8-13(15)14(17)16(11(3)4)9-12-6-5-7-18-12/h5-7,10-11,13H,8-9,15H2,1-4H3. The zero-order chi connectivity index (χ0) is 13.7. The number of amides is 1. The molecule has 1 heterocycles. The molecule has 0 fully saturated rings. The van der Waals surface area contributed by atoms with Gasteiger partial charge in [-0.3, -0.25) is 4.79 Å². The van der Waals surface area contributed by atoms with Crippen LogP contribution in [-0.4, -0.2) is 22.9 Å². The van der Waals surface area contributed by atoms with Gasteiger partial charge >= 0.3 is 0 Å². The van der Waals surface area contributed by atoms with Crippen molar-refractivity contribution in [1.82, 2.24) is 4.90 Å². The van der Waals surface area contributed by atoms with Crippen LogP contribution in [0.15, 0.2) is 17.5 Å². The summed E-state index contributed by atoms with van der Waals surface area (Å²) in [7, 11) is 0. The average molecular weight is 268 g/mol. The van der Waals surface area contributed by atoms with Crippen LogP contribution in [0.2, 0.25) is 0 Å². The van der Waals surface area contributed by atoms with E-state index < -0.39 is 0 Å². The minimum absolute atomic E-state index is 0.0621. The average Bonchev–Trinajstić information content (AvgIpc) is 2.76. The number of carbonyl (C=O) groups is 1. The first-order valence-electron chi connectivity index (χ1n) is 6.50. The van der Waals surface area contributed by atoms with Crippen molar-refractivity contribution in [2.45, 2.75) is 52.7 Å². The molecule has 102 valence electrons. The van der Waals surface area contributed by atoms with E-state index in [-0.39, 0.29) is 18.0 Å². The van der Waals surface area contributed by atoms with Gasteiger partial charge in [0.05, 0.1) is 12.6 Å². The summed E-state index contributed by atoms with van der Waals surface area (Å²) in [5.74, 6) is 0.506. The molecule has 1 rings (SSSR count). The first-order chi connectivity index (χ1) is 8.41. The predicted octanol–water partition coefficient (Wildman–Crippen LogP) is 2.86. The number of hydrogen-bond donors (Lipinski definition) is 1. The van der Waals surface area contributed by atoms with Crippen LogP contribution in [0.3, 0.4) is 0 Å². The molecule has 0 spiro atoms. The maximum atomic E-state index is 12.4. The molecule has 1 aromatic rings. The Hall–Kier alpha value is -0.870. The second-order valence-corrected chi connectivity index (χ2v) is 6.41. The lowest BCUT2D eigenvalue weighted by Crippen LogP contribution is -2.46. The normalized spacial score (nSPS) is 13.1. The van der Waals surface area contributed by atoms with E-state index in [0.29, 0.717) is 12.5 Å². The molecule has 1 aromatic heterocycles. The van der Waals surface area contributed by atoms with Crippen molar-refractivity contribution in [2.75, 3.05) is 0 Å². The number of nitrogens with two attached hydrogens (primary N) is 1. The van der Waals surface area contributed by atoms with E-state index >= 15 is 0 Å². The summed E-state index contributed by atoms with van der Waals surface area (Å²) in [5, 5.41) is 2.03. The summed E-state index contributed by atoms with van der Waals surface area (Å²) in [6, 6.07) is 3.86. The quantitative estimate of drug-likeness (QED) is 0.862. The third kappa shape index (κ3) is 4.42. The van der Waals surface area contributed by atoms with Gasteiger partial charge in [-0.15, -0.1) is 11.3 Å². The summed E-state index contributed by atoms with van der Waals surface area (Å²) >= 11 is 1.68. The van der Waals surface area contributed by atoms with Gasteiger partial charge in [0.2, 0.25) is 5.91 Å². The Morgan fingerprint density at radius 3 is 2.50 bits per heavy atom. The zero-order valence-corrected chi connectivity index (χ0v) is 12.5. The van der Waals surface area contributed by atoms with Crippen molar-refractivity contribution in [3.8, 4) is 0 Å². The van der Waals surface area contributed by atoms with Gasteiger partial charge in [-0.1, -0.05) is 19.9 Å². The predicted molar refractivity (Wildman–Crippen MR) is 77.4 cm³/mol. The lowest BCUT2D eigenvalue weighted by molar-refractivity contribution is -0.135. The highest BCUT2D eigenvalue weighted by molar-refractivity contribution is 7.09. The summed E-state index contributed by atoms with van der Waals surface area (Å²) in [4.78, 5) is 15.4. The monoisotopic (exact) mass is 268 g/mol. The van der Waals surface area contributed by atoms with Gasteiger partial charge in [-0.05, 0) is 37.6 Å². The minimum Gasteiger partial charge on any atom is -0.334 e. The van der Waals surface area contributed by atoms with E-state index in [1.807, 2.05) is 30.2 Å². The number of rotatable bonds is 6. The molecule has 0 aromatic carbocycles. The minimum atomic E-state index is -0.382. The Balaban J connectivity index is 2.69. The Labute approximate surface area is 114 Å². The van der Waals surface area contributed by atoms with Gasteiger partial charge in [0.1, 0.15) is 0 Å². The highest BCUT2D eigenvalue weighted by Crippen LogP contribution is 2.16. The van der Waals surface area contributed by atoms with Crippen molar-refractivity contribution in [3.05, 3.63) is 22.4 Å². The van der Waals surface area contributed by atoms with Gasteiger partial charge < -0.3 is 10.6 Å². The summed E-state index contributed by atoms with van der Waals surface area (Å²) < 4.78 is 0. The summed E-state index contributed by atoms with van der Waals surface area (Å²) in [5.41, 5.74) is 6.00. The molecule has 0 aliphatic rings. The van der Waals surface area contributed by atoms with Crippen molar-refractivity contribution < 1.29 is 4.79 Å². The smallest absolute Gasteiger partial charge is 0.240 e. The fourth-order valence-electron chi connectivity index (χ4n) is 1.91. The Morgan fingerprint density at radius 2 is 2.06 bits per heavy atom. The largest absolute Gasteiger partial charge is 0.334 e. The fraction of sp³-hybridized carbons (Fsp3) is 0.643. The molecule has 3 nitrogen and oxygen atoms in total. The van der Waals surface area contributed by atoms with Crippen LogP contribution in [-0.2, 0) is 11.3 Å². The third-order valence-electron chi connectivity index (χ3n) is 2.86. The van der Waals surface area contributed by atoms with Crippen LogP contribution in [0.25, 0.3) is 0 Å². The molecule has 0 aliphatic carbocycles. The Morgan fingerprint density at radius 1 is 1.39 bits per heavy atom. The second-order valence-electron chi connectivity index (χ2n) is 5.38. The maximum Gasteiger partial charge on any atom is 0.240 e. The molecule has 0 radical (unpaired) electrons. The van der Waals surface area contributed by atoms with Crippen molar-refractivity contribution in [1.29, 1.82) is 0 Å². The molecule has 0 saturated heterocycles. The molecular weight excluding hydrogens is 244 g/mol. The van der Waals surface area contributed by atoms with Gasteiger partial charge in [-0.25, -0.2) is 0 Å². The lowest BCUT2D eigenvalue weighted by Gasteiger charge is -2.29. The molecule has 1 atom stereocenters. The number of carbonyl (C=O) groups excluding carboxylic acids is 1. The Kier molecular flexibility index (Phi) is 5.82. The van der Waals surface area contributed by atoms with E-state index in [1.165, 1.54) is 4.88 Å². The fourth-order valence-corrected chi connectivity index (χ4v) is 2.61. The Bertz CT molecular complexity index is 360. The van der Waals surface area contributed by atoms with E-state index in [4.69, 9.17) is 5.73 Å². The van der Waals surface area contributed by atoms with Crippen molar-refractivity contribution in [2.24, 2.45) is 11.7 Å². The highest BCUT2D eigenvalue weighted by Gasteiger charge is 2.24. The van der Waals surface area contributed by atoms with Gasteiger partial charge in [0.15, 0.2) is 0 Å². The number of hydrogen-bond acceptors (Lipinski definition) is 3. The number of nitrogens with zero attached hydrogens (tertiary/aromatic N) is 1. The first kappa shape index (κ1) is 15.2. The van der Waals surface area contributed by atoms with E-state index in [9.17, 15) is 4.79 Å². The van der Waals surface area contributed by atoms with E-state index in [2.05, 4.69) is 19.9 Å². The topological polar surface area (TPSA) is 46.3 Å². The van der Waals surface area contributed by atoms with Crippen LogP contribution in [0, 0.1) is 5.92 Å². The molecule has 1 unspecified atom stereocenters. The molecule has 0 bridgehead atoms. The van der Waals surface area contributed by atoms with Crippen LogP contribution in [0.4, 0.5) is 0 Å². The van der Waals surface area contributed by atoms with E-state index in [1.54, 1.807) is 11.3 Å². The molecule has 0 aliphatic heterocycles. The maximum absolute atomic E-state index is 12.4. The van der Waals surface area contributed by atoms with Crippen LogP contribution >= 0.6 is 11.3 Å². The van der Waals surface area contributed by atoms with Crippen LogP contribution in [0.1, 0.15) is 39.0 Å². The molecule has 4 heteroatoms. The zero-order valence-electron chi connectivity index (χ0n) is 11.7. The van der Waals surface area contributed by atoms with Gasteiger partial charge in [0, 0.05) is 10.9 Å². The molecule has 1 amide bonds. The van der Waals surface area contributed by atoms with E-state index in [0.717, 1.165) is 6.42 Å². The summed E-state index contributed by atoms with van der Waals surface area (Å²) in [6.45, 7) is 8.92. The van der Waals surface area contributed by atoms with Crippen molar-refractivity contribution in [3.63, 3.8) is 0 Å². The molecular formula is C14H24N2OS. The third-order valence-corrected chi connectivity index (χ3v) is 3.72. The number of thiophene rings is 1. The van der Waals surface area contributed by atoms with Gasteiger partial charge in [-0.2, -0.15) is 0 Å². The molecule has 2 N–H and O–H groups in total. The van der Waals surface area contributed by atoms with Crippen LogP contribution < -0.4 is 5.73 Å². The summed E-state index contributed by atoms with van der Waals surface area (Å²) in [6.07, 6.45) is 0.743. The lowest BCUT2D eigenvalue weighted by atomic mass is 10.0. The van der Waals surface area contributed by atoms with Gasteiger partial charge in [0.25, 0.3) is 0 Å². The highest BCUT2D eigenvalue weighted by atomic mass is 32.1. The van der Waals surface area contributed by atoms with Crippen molar-refractivity contribution >= 4 is 17.2 Å². The SMILES string of the molecule is CC(C)CC(N)C(=O)N(Cc1cccs1)C(C)C. The first-order valence-corrected chi connectivity index (χ1v) is 7.38. The molecule has 18 heavy (non-hydrogen) atoms. The second kappa shape index (κ2) is 6.90.